The first-order chi connectivity index (χ1) is 14.4. The molecule has 0 bridgehead atoms. The van der Waals surface area contributed by atoms with Gasteiger partial charge in [-0.15, -0.1) is 0 Å². The fraction of sp³-hybridized carbons (Fsp3) is 0.364. The minimum atomic E-state index is -0.353. The third-order valence-corrected chi connectivity index (χ3v) is 5.76. The lowest BCUT2D eigenvalue weighted by molar-refractivity contribution is -0.139. The molecule has 0 atom stereocenters. The van der Waals surface area contributed by atoms with Gasteiger partial charge in [0.25, 0.3) is 5.56 Å². The first-order valence-corrected chi connectivity index (χ1v) is 10.8. The molecule has 0 radical (unpaired) electrons. The van der Waals surface area contributed by atoms with Gasteiger partial charge in [0.2, 0.25) is 0 Å². The summed E-state index contributed by atoms with van der Waals surface area (Å²) in [5.74, 6) is -0.293. The molecule has 1 aromatic carbocycles. The molecular weight excluding hydrogens is 402 g/mol. The minimum absolute atomic E-state index is 0.0600. The van der Waals surface area contributed by atoms with Crippen molar-refractivity contribution in [3.8, 4) is 5.69 Å². The molecule has 0 saturated heterocycles. The predicted molar refractivity (Wildman–Crippen MR) is 115 cm³/mol. The Morgan fingerprint density at radius 1 is 1.27 bits per heavy atom. The van der Waals surface area contributed by atoms with E-state index in [1.54, 1.807) is 6.92 Å². The Balaban J connectivity index is 1.86. The molecule has 0 spiro atoms. The number of benzene rings is 1. The number of aromatic nitrogens is 3. The zero-order chi connectivity index (χ0) is 21.3. The number of ether oxygens (including phenoxy) is 2. The number of para-hydroxylation sites is 1. The molecule has 0 N–H and O–H groups in total. The quantitative estimate of drug-likeness (QED) is 0.352. The van der Waals surface area contributed by atoms with Gasteiger partial charge >= 0.3 is 5.97 Å². The molecule has 3 heterocycles. The highest BCUT2D eigenvalue weighted by Crippen LogP contribution is 2.29. The predicted octanol–water partition coefficient (Wildman–Crippen LogP) is 3.29. The minimum Gasteiger partial charge on any atom is -0.465 e. The van der Waals surface area contributed by atoms with Gasteiger partial charge in [0.05, 0.1) is 41.3 Å². The Hall–Kier alpha value is -2.71. The fourth-order valence-corrected chi connectivity index (χ4v) is 4.20. The third kappa shape index (κ3) is 4.11. The second-order valence-corrected chi connectivity index (χ2v) is 8.60. The van der Waals surface area contributed by atoms with Crippen molar-refractivity contribution in [1.29, 1.82) is 0 Å². The zero-order valence-corrected chi connectivity index (χ0v) is 18.0. The van der Waals surface area contributed by atoms with Crippen molar-refractivity contribution in [2.45, 2.75) is 44.6 Å². The van der Waals surface area contributed by atoms with Crippen LogP contribution in [0.3, 0.4) is 0 Å². The van der Waals surface area contributed by atoms with Crippen LogP contribution in [0.25, 0.3) is 16.7 Å². The van der Waals surface area contributed by atoms with Gasteiger partial charge in [0.1, 0.15) is 0 Å². The third-order valence-electron chi connectivity index (χ3n) is 4.85. The number of nitrogens with zero attached hydrogens (tertiary/aromatic N) is 3. The van der Waals surface area contributed by atoms with Crippen molar-refractivity contribution < 1.29 is 14.3 Å². The number of carbonyl (C=O) groups is 1. The molecule has 0 aliphatic carbocycles. The molecule has 0 amide bonds. The van der Waals surface area contributed by atoms with Crippen LogP contribution in [-0.4, -0.2) is 38.5 Å². The number of pyridine rings is 1. The highest BCUT2D eigenvalue weighted by Gasteiger charge is 2.28. The van der Waals surface area contributed by atoms with Gasteiger partial charge < -0.3 is 9.47 Å². The number of esters is 1. The van der Waals surface area contributed by atoms with E-state index in [2.05, 4.69) is 4.98 Å². The first-order valence-electron chi connectivity index (χ1n) is 9.81. The van der Waals surface area contributed by atoms with Gasteiger partial charge in [-0.1, -0.05) is 30.0 Å². The molecular formula is C22H23N3O4S. The molecule has 4 rings (SSSR count). The maximum absolute atomic E-state index is 13.4. The van der Waals surface area contributed by atoms with E-state index in [1.165, 1.54) is 16.3 Å². The summed E-state index contributed by atoms with van der Waals surface area (Å²) in [5.41, 5.74) is 2.33. The van der Waals surface area contributed by atoms with Crippen LogP contribution in [-0.2, 0) is 27.3 Å². The molecule has 0 saturated carbocycles. The number of thioether (sulfide) groups is 1. The number of hydrogen-bond acceptors (Lipinski definition) is 7. The molecule has 7 nitrogen and oxygen atoms in total. The van der Waals surface area contributed by atoms with Crippen LogP contribution in [0.4, 0.5) is 0 Å². The Morgan fingerprint density at radius 3 is 2.77 bits per heavy atom. The van der Waals surface area contributed by atoms with Crippen LogP contribution < -0.4 is 5.56 Å². The molecule has 2 aromatic heterocycles. The van der Waals surface area contributed by atoms with E-state index in [9.17, 15) is 9.59 Å². The van der Waals surface area contributed by atoms with Crippen LogP contribution in [0, 0.1) is 0 Å². The Morgan fingerprint density at radius 2 is 2.03 bits per heavy atom. The summed E-state index contributed by atoms with van der Waals surface area (Å²) in [6, 6.07) is 11.1. The topological polar surface area (TPSA) is 83.3 Å². The van der Waals surface area contributed by atoms with Crippen LogP contribution in [0.2, 0.25) is 0 Å². The van der Waals surface area contributed by atoms with Crippen molar-refractivity contribution >= 4 is 28.8 Å². The summed E-state index contributed by atoms with van der Waals surface area (Å²) in [6.07, 6.45) is 0.646. The number of hydrogen-bond donors (Lipinski definition) is 0. The highest BCUT2D eigenvalue weighted by molar-refractivity contribution is 7.99. The summed E-state index contributed by atoms with van der Waals surface area (Å²) in [7, 11) is 0. The summed E-state index contributed by atoms with van der Waals surface area (Å²) in [6.45, 7) is 6.51. The summed E-state index contributed by atoms with van der Waals surface area (Å²) in [5, 5.41) is 0.840. The van der Waals surface area contributed by atoms with E-state index >= 15 is 0 Å². The van der Waals surface area contributed by atoms with Gasteiger partial charge in [0, 0.05) is 12.0 Å². The van der Waals surface area contributed by atoms with E-state index in [0.717, 1.165) is 11.3 Å². The van der Waals surface area contributed by atoms with E-state index in [1.807, 2.05) is 50.2 Å². The lowest BCUT2D eigenvalue weighted by Crippen LogP contribution is -2.33. The number of fused-ring (bicyclic) bond motifs is 2. The number of rotatable bonds is 5. The SMILES string of the molecule is CCOC(=O)CSc1nc2nc3c(cc2c(=O)n1-c1ccccc1)COC(C)(C)C3. The van der Waals surface area contributed by atoms with Gasteiger partial charge in [-0.2, -0.15) is 0 Å². The fourth-order valence-electron chi connectivity index (χ4n) is 3.41. The van der Waals surface area contributed by atoms with Gasteiger partial charge in [-0.05, 0) is 39.0 Å². The van der Waals surface area contributed by atoms with Crippen LogP contribution in [0.15, 0.2) is 46.3 Å². The van der Waals surface area contributed by atoms with Gasteiger partial charge in [0.15, 0.2) is 10.8 Å². The smallest absolute Gasteiger partial charge is 0.316 e. The average molecular weight is 426 g/mol. The van der Waals surface area contributed by atoms with Crippen molar-refractivity contribution in [2.24, 2.45) is 0 Å². The molecule has 8 heteroatoms. The van der Waals surface area contributed by atoms with Crippen molar-refractivity contribution in [3.05, 3.63) is 58.0 Å². The van der Waals surface area contributed by atoms with Crippen LogP contribution in [0.5, 0.6) is 0 Å². The van der Waals surface area contributed by atoms with Crippen molar-refractivity contribution in [1.82, 2.24) is 14.5 Å². The molecule has 1 aliphatic rings. The molecule has 1 aliphatic heterocycles. The Kier molecular flexibility index (Phi) is 5.62. The molecule has 0 fully saturated rings. The van der Waals surface area contributed by atoms with E-state index in [4.69, 9.17) is 14.5 Å². The normalized spacial score (nSPS) is 15.0. The summed E-state index contributed by atoms with van der Waals surface area (Å²) < 4.78 is 12.4. The molecule has 30 heavy (non-hydrogen) atoms. The highest BCUT2D eigenvalue weighted by atomic mass is 32.2. The maximum atomic E-state index is 13.4. The lowest BCUT2D eigenvalue weighted by atomic mass is 9.95. The monoisotopic (exact) mass is 425 g/mol. The zero-order valence-electron chi connectivity index (χ0n) is 17.2. The van der Waals surface area contributed by atoms with Gasteiger partial charge in [-0.25, -0.2) is 9.97 Å². The van der Waals surface area contributed by atoms with E-state index in [-0.39, 0.29) is 22.9 Å². The second kappa shape index (κ2) is 8.20. The molecule has 3 aromatic rings. The van der Waals surface area contributed by atoms with Gasteiger partial charge in [-0.3, -0.25) is 14.2 Å². The van der Waals surface area contributed by atoms with Crippen LogP contribution >= 0.6 is 11.8 Å². The standard InChI is InChI=1S/C22H23N3O4S/c1-4-28-18(26)13-30-21-24-19-16(20(27)25(21)15-8-6-5-7-9-15)10-14-12-29-22(2,3)11-17(14)23-19/h5-10H,4,11-13H2,1-3H3. The Bertz CT molecular complexity index is 1160. The first kappa shape index (κ1) is 20.6. The summed E-state index contributed by atoms with van der Waals surface area (Å²) in [4.78, 5) is 34.7. The van der Waals surface area contributed by atoms with Crippen molar-refractivity contribution in [3.63, 3.8) is 0 Å². The van der Waals surface area contributed by atoms with E-state index < -0.39 is 0 Å². The largest absolute Gasteiger partial charge is 0.465 e. The maximum Gasteiger partial charge on any atom is 0.316 e. The van der Waals surface area contributed by atoms with E-state index in [0.29, 0.717) is 41.5 Å². The van der Waals surface area contributed by atoms with Crippen molar-refractivity contribution in [2.75, 3.05) is 12.4 Å². The molecule has 156 valence electrons. The van der Waals surface area contributed by atoms with Crippen LogP contribution in [0.1, 0.15) is 32.0 Å². The molecule has 0 unspecified atom stereocenters. The average Bonchev–Trinajstić information content (AvgIpc) is 2.71. The number of carbonyl (C=O) groups excluding carboxylic acids is 1. The second-order valence-electron chi connectivity index (χ2n) is 7.65. The lowest BCUT2D eigenvalue weighted by Gasteiger charge is -2.31. The summed E-state index contributed by atoms with van der Waals surface area (Å²) >= 11 is 1.17. The Labute approximate surface area is 178 Å².